The van der Waals surface area contributed by atoms with Crippen LogP contribution in [0.3, 0.4) is 0 Å². The number of carbonyl (C=O) groups is 1. The largest absolute Gasteiger partial charge is 0.463 e. The van der Waals surface area contributed by atoms with Gasteiger partial charge in [0.2, 0.25) is 0 Å². The monoisotopic (exact) mass is 321 g/mol. The summed E-state index contributed by atoms with van der Waals surface area (Å²) in [7, 11) is 0. The molecule has 1 aromatic carbocycles. The maximum absolute atomic E-state index is 13.3. The third-order valence-corrected chi connectivity index (χ3v) is 3.45. The van der Waals surface area contributed by atoms with E-state index in [1.807, 2.05) is 0 Å². The Morgan fingerprint density at radius 3 is 2.79 bits per heavy atom. The molecule has 0 saturated heterocycles. The summed E-state index contributed by atoms with van der Waals surface area (Å²) in [5.74, 6) is -0.403. The van der Waals surface area contributed by atoms with Gasteiger partial charge in [0.25, 0.3) is 5.91 Å². The molecule has 0 atom stereocenters. The van der Waals surface area contributed by atoms with Crippen molar-refractivity contribution in [3.05, 3.63) is 71.4 Å². The molecule has 0 aliphatic heterocycles. The minimum Gasteiger partial charge on any atom is -0.463 e. The number of halogens is 1. The average Bonchev–Trinajstić information content (AvgIpc) is 3.11. The SMILES string of the molecule is Cc1nc(-c2ccco2)ccc1C(=O)Nc1ccc(F)c(C#N)c1. The van der Waals surface area contributed by atoms with Gasteiger partial charge >= 0.3 is 0 Å². The Bertz CT molecular complexity index is 943. The zero-order valence-electron chi connectivity index (χ0n) is 12.7. The molecule has 2 aromatic heterocycles. The molecular weight excluding hydrogens is 309 g/mol. The van der Waals surface area contributed by atoms with Gasteiger partial charge in [0.1, 0.15) is 17.6 Å². The number of aryl methyl sites for hydroxylation is 1. The number of rotatable bonds is 3. The molecule has 3 aromatic rings. The van der Waals surface area contributed by atoms with Crippen molar-refractivity contribution in [3.63, 3.8) is 0 Å². The summed E-state index contributed by atoms with van der Waals surface area (Å²) >= 11 is 0. The van der Waals surface area contributed by atoms with E-state index in [-0.39, 0.29) is 11.5 Å². The second-order valence-corrected chi connectivity index (χ2v) is 5.07. The molecule has 6 heteroatoms. The van der Waals surface area contributed by atoms with Gasteiger partial charge in [-0.2, -0.15) is 5.26 Å². The fourth-order valence-electron chi connectivity index (χ4n) is 2.25. The zero-order chi connectivity index (χ0) is 17.1. The van der Waals surface area contributed by atoms with Crippen molar-refractivity contribution >= 4 is 11.6 Å². The smallest absolute Gasteiger partial charge is 0.257 e. The van der Waals surface area contributed by atoms with Gasteiger partial charge in [-0.1, -0.05) is 0 Å². The van der Waals surface area contributed by atoms with E-state index in [0.717, 1.165) is 6.07 Å². The summed E-state index contributed by atoms with van der Waals surface area (Å²) in [4.78, 5) is 16.7. The summed E-state index contributed by atoms with van der Waals surface area (Å²) in [5, 5.41) is 11.5. The summed E-state index contributed by atoms with van der Waals surface area (Å²) in [6.07, 6.45) is 1.55. The Balaban J connectivity index is 1.84. The van der Waals surface area contributed by atoms with Gasteiger partial charge in [-0.15, -0.1) is 0 Å². The number of nitriles is 1. The van der Waals surface area contributed by atoms with Crippen molar-refractivity contribution in [2.75, 3.05) is 5.32 Å². The van der Waals surface area contributed by atoms with E-state index < -0.39 is 5.82 Å². The minimum atomic E-state index is -0.629. The molecule has 0 aliphatic carbocycles. The van der Waals surface area contributed by atoms with Crippen molar-refractivity contribution in [1.82, 2.24) is 4.98 Å². The molecule has 1 N–H and O–H groups in total. The first-order valence-corrected chi connectivity index (χ1v) is 7.11. The second kappa shape index (κ2) is 6.34. The molecule has 2 heterocycles. The fraction of sp³-hybridized carbons (Fsp3) is 0.0556. The summed E-state index contributed by atoms with van der Waals surface area (Å²) in [6.45, 7) is 1.72. The molecule has 0 unspecified atom stereocenters. The van der Waals surface area contributed by atoms with Crippen molar-refractivity contribution in [1.29, 1.82) is 5.26 Å². The van der Waals surface area contributed by atoms with Crippen molar-refractivity contribution < 1.29 is 13.6 Å². The van der Waals surface area contributed by atoms with Crippen LogP contribution in [0, 0.1) is 24.1 Å². The third-order valence-electron chi connectivity index (χ3n) is 3.45. The normalized spacial score (nSPS) is 10.2. The van der Waals surface area contributed by atoms with Crippen LogP contribution in [-0.4, -0.2) is 10.9 Å². The van der Waals surface area contributed by atoms with E-state index in [2.05, 4.69) is 10.3 Å². The number of hydrogen-bond donors (Lipinski definition) is 1. The quantitative estimate of drug-likeness (QED) is 0.793. The van der Waals surface area contributed by atoms with Gasteiger partial charge in [0, 0.05) is 5.69 Å². The second-order valence-electron chi connectivity index (χ2n) is 5.07. The molecule has 0 fully saturated rings. The Kier molecular flexibility index (Phi) is 4.08. The first-order valence-electron chi connectivity index (χ1n) is 7.11. The number of furan rings is 1. The van der Waals surface area contributed by atoms with Crippen molar-refractivity contribution in [2.24, 2.45) is 0 Å². The van der Waals surface area contributed by atoms with Crippen LogP contribution < -0.4 is 5.32 Å². The Morgan fingerprint density at radius 1 is 1.29 bits per heavy atom. The van der Waals surface area contributed by atoms with Crippen LogP contribution in [0.5, 0.6) is 0 Å². The number of nitrogens with zero attached hydrogens (tertiary/aromatic N) is 2. The minimum absolute atomic E-state index is 0.129. The van der Waals surface area contributed by atoms with Gasteiger partial charge in [0.15, 0.2) is 5.76 Å². The Morgan fingerprint density at radius 2 is 2.12 bits per heavy atom. The molecule has 3 rings (SSSR count). The van der Waals surface area contributed by atoms with Crippen LogP contribution in [-0.2, 0) is 0 Å². The van der Waals surface area contributed by atoms with Crippen LogP contribution in [0.15, 0.2) is 53.1 Å². The van der Waals surface area contributed by atoms with E-state index in [0.29, 0.717) is 28.4 Å². The topological polar surface area (TPSA) is 78.9 Å². The molecule has 118 valence electrons. The maximum Gasteiger partial charge on any atom is 0.257 e. The molecule has 5 nitrogen and oxygen atoms in total. The van der Waals surface area contributed by atoms with Gasteiger partial charge in [0.05, 0.1) is 23.1 Å². The first-order chi connectivity index (χ1) is 11.6. The highest BCUT2D eigenvalue weighted by molar-refractivity contribution is 6.05. The van der Waals surface area contributed by atoms with Crippen LogP contribution in [0.25, 0.3) is 11.5 Å². The number of nitrogens with one attached hydrogen (secondary N) is 1. The number of aromatic nitrogens is 1. The molecule has 0 saturated carbocycles. The van der Waals surface area contributed by atoms with Gasteiger partial charge in [-0.25, -0.2) is 9.37 Å². The molecule has 1 amide bonds. The van der Waals surface area contributed by atoms with Crippen LogP contribution in [0.4, 0.5) is 10.1 Å². The predicted molar refractivity (Wildman–Crippen MR) is 85.7 cm³/mol. The lowest BCUT2D eigenvalue weighted by Crippen LogP contribution is -2.14. The lowest BCUT2D eigenvalue weighted by Gasteiger charge is -2.09. The number of pyridine rings is 1. The van der Waals surface area contributed by atoms with Gasteiger partial charge in [-0.3, -0.25) is 4.79 Å². The molecule has 0 radical (unpaired) electrons. The molecule has 0 bridgehead atoms. The molecular formula is C18H12FN3O2. The number of amides is 1. The third kappa shape index (κ3) is 3.01. The first kappa shape index (κ1) is 15.4. The lowest BCUT2D eigenvalue weighted by atomic mass is 10.1. The van der Waals surface area contributed by atoms with E-state index in [4.69, 9.17) is 9.68 Å². The summed E-state index contributed by atoms with van der Waals surface area (Å²) < 4.78 is 18.6. The maximum atomic E-state index is 13.3. The number of hydrogen-bond acceptors (Lipinski definition) is 4. The molecule has 24 heavy (non-hydrogen) atoms. The lowest BCUT2D eigenvalue weighted by molar-refractivity contribution is 0.102. The van der Waals surface area contributed by atoms with Crippen LogP contribution >= 0.6 is 0 Å². The van der Waals surface area contributed by atoms with E-state index in [1.165, 1.54) is 12.1 Å². The average molecular weight is 321 g/mol. The van der Waals surface area contributed by atoms with Crippen LogP contribution in [0.1, 0.15) is 21.6 Å². The predicted octanol–water partition coefficient (Wildman–Crippen LogP) is 3.91. The highest BCUT2D eigenvalue weighted by Gasteiger charge is 2.13. The highest BCUT2D eigenvalue weighted by atomic mass is 19.1. The van der Waals surface area contributed by atoms with Crippen molar-refractivity contribution in [2.45, 2.75) is 6.92 Å². The van der Waals surface area contributed by atoms with Crippen molar-refractivity contribution in [3.8, 4) is 17.5 Å². The van der Waals surface area contributed by atoms with E-state index >= 15 is 0 Å². The van der Waals surface area contributed by atoms with Gasteiger partial charge < -0.3 is 9.73 Å². The molecule has 0 spiro atoms. The number of carbonyl (C=O) groups excluding carboxylic acids is 1. The van der Waals surface area contributed by atoms with Crippen LogP contribution in [0.2, 0.25) is 0 Å². The molecule has 0 aliphatic rings. The summed E-state index contributed by atoms with van der Waals surface area (Å²) in [5.41, 5.74) is 1.75. The standard InChI is InChI=1S/C18H12FN3O2/c1-11-14(5-7-16(21-11)17-3-2-8-24-17)18(23)22-13-4-6-15(19)12(9-13)10-20/h2-9H,1H3,(H,22,23). The fourth-order valence-corrected chi connectivity index (χ4v) is 2.25. The number of anilines is 1. The van der Waals surface area contributed by atoms with Gasteiger partial charge in [-0.05, 0) is 49.4 Å². The highest BCUT2D eigenvalue weighted by Crippen LogP contribution is 2.20. The summed E-state index contributed by atoms with van der Waals surface area (Å²) in [6, 6.07) is 12.4. The zero-order valence-corrected chi connectivity index (χ0v) is 12.7. The van der Waals surface area contributed by atoms with E-state index in [1.54, 1.807) is 43.5 Å². The number of benzene rings is 1. The Labute approximate surface area is 137 Å². The Hall–Kier alpha value is -3.46. The van der Waals surface area contributed by atoms with E-state index in [9.17, 15) is 9.18 Å².